The number of non-ortho nitro benzene ring substituents is 1. The zero-order valence-electron chi connectivity index (χ0n) is 9.76. The van der Waals surface area contributed by atoms with Crippen molar-refractivity contribution in [1.29, 1.82) is 0 Å². The van der Waals surface area contributed by atoms with Crippen molar-refractivity contribution in [3.8, 4) is 17.1 Å². The highest BCUT2D eigenvalue weighted by Crippen LogP contribution is 2.34. The Morgan fingerprint density at radius 3 is 2.63 bits per heavy atom. The summed E-state index contributed by atoms with van der Waals surface area (Å²) >= 11 is 11.9. The van der Waals surface area contributed by atoms with E-state index in [0.29, 0.717) is 16.3 Å². The van der Waals surface area contributed by atoms with Crippen LogP contribution in [0.25, 0.3) is 11.3 Å². The molecule has 0 unspecified atom stereocenters. The third kappa shape index (κ3) is 2.77. The van der Waals surface area contributed by atoms with E-state index >= 15 is 0 Å². The molecule has 1 heterocycles. The van der Waals surface area contributed by atoms with Crippen molar-refractivity contribution in [1.82, 2.24) is 4.98 Å². The number of halogens is 2. The number of ether oxygens (including phenoxy) is 1. The van der Waals surface area contributed by atoms with Gasteiger partial charge < -0.3 is 4.74 Å². The van der Waals surface area contributed by atoms with Gasteiger partial charge >= 0.3 is 0 Å². The van der Waals surface area contributed by atoms with Crippen molar-refractivity contribution in [3.05, 3.63) is 50.5 Å². The Hall–Kier alpha value is -1.85. The van der Waals surface area contributed by atoms with Gasteiger partial charge in [-0.25, -0.2) is 4.98 Å². The van der Waals surface area contributed by atoms with Gasteiger partial charge in [0, 0.05) is 17.7 Å². The first-order valence-corrected chi connectivity index (χ1v) is 5.93. The van der Waals surface area contributed by atoms with Gasteiger partial charge in [0.05, 0.1) is 22.7 Å². The number of rotatable bonds is 3. The molecule has 0 saturated carbocycles. The van der Waals surface area contributed by atoms with E-state index in [0.717, 1.165) is 0 Å². The van der Waals surface area contributed by atoms with Crippen molar-refractivity contribution >= 4 is 28.9 Å². The summed E-state index contributed by atoms with van der Waals surface area (Å²) in [6, 6.07) is 7.51. The number of hydrogen-bond donors (Lipinski definition) is 0. The zero-order valence-corrected chi connectivity index (χ0v) is 11.3. The molecule has 0 bridgehead atoms. The molecule has 5 nitrogen and oxygen atoms in total. The number of aromatic nitrogens is 1. The van der Waals surface area contributed by atoms with E-state index in [-0.39, 0.29) is 16.6 Å². The normalized spacial score (nSPS) is 10.3. The lowest BCUT2D eigenvalue weighted by Crippen LogP contribution is -1.94. The van der Waals surface area contributed by atoms with Gasteiger partial charge in [-0.1, -0.05) is 35.3 Å². The van der Waals surface area contributed by atoms with Crippen LogP contribution in [0, 0.1) is 10.1 Å². The van der Waals surface area contributed by atoms with Gasteiger partial charge in [-0.05, 0) is 6.07 Å². The van der Waals surface area contributed by atoms with Crippen LogP contribution in [0.2, 0.25) is 10.0 Å². The Morgan fingerprint density at radius 2 is 2.00 bits per heavy atom. The summed E-state index contributed by atoms with van der Waals surface area (Å²) in [4.78, 5) is 14.4. The summed E-state index contributed by atoms with van der Waals surface area (Å²) in [5, 5.41) is 11.3. The molecule has 1 aromatic heterocycles. The lowest BCUT2D eigenvalue weighted by atomic mass is 10.1. The van der Waals surface area contributed by atoms with Crippen LogP contribution in [0.1, 0.15) is 0 Å². The zero-order chi connectivity index (χ0) is 14.0. The second-order valence-electron chi connectivity index (χ2n) is 3.62. The molecule has 0 saturated heterocycles. The molecule has 0 radical (unpaired) electrons. The van der Waals surface area contributed by atoms with Crippen molar-refractivity contribution in [2.24, 2.45) is 0 Å². The van der Waals surface area contributed by atoms with E-state index < -0.39 is 4.92 Å². The molecule has 2 aromatic rings. The molecule has 2 rings (SSSR count). The Labute approximate surface area is 118 Å². The molecule has 0 aliphatic carbocycles. The predicted molar refractivity (Wildman–Crippen MR) is 72.9 cm³/mol. The molecule has 19 heavy (non-hydrogen) atoms. The lowest BCUT2D eigenvalue weighted by molar-refractivity contribution is -0.384. The van der Waals surface area contributed by atoms with Crippen LogP contribution in [-0.2, 0) is 0 Å². The average molecular weight is 299 g/mol. The van der Waals surface area contributed by atoms with Gasteiger partial charge in [0.15, 0.2) is 0 Å². The fraction of sp³-hybridized carbons (Fsp3) is 0.0833. The number of nitrogens with zero attached hydrogens (tertiary/aromatic N) is 2. The maximum Gasteiger partial charge on any atom is 0.270 e. The van der Waals surface area contributed by atoms with Gasteiger partial charge in [-0.15, -0.1) is 0 Å². The van der Waals surface area contributed by atoms with Crippen LogP contribution in [0.3, 0.4) is 0 Å². The predicted octanol–water partition coefficient (Wildman–Crippen LogP) is 3.97. The lowest BCUT2D eigenvalue weighted by Gasteiger charge is -2.08. The van der Waals surface area contributed by atoms with Crippen LogP contribution in [0.5, 0.6) is 5.88 Å². The second-order valence-corrected chi connectivity index (χ2v) is 4.43. The van der Waals surface area contributed by atoms with Crippen LogP contribution >= 0.6 is 23.2 Å². The quantitative estimate of drug-likeness (QED) is 0.635. The van der Waals surface area contributed by atoms with E-state index in [4.69, 9.17) is 27.9 Å². The number of pyridine rings is 1. The highest BCUT2D eigenvalue weighted by molar-refractivity contribution is 6.36. The van der Waals surface area contributed by atoms with Crippen molar-refractivity contribution < 1.29 is 9.66 Å². The summed E-state index contributed by atoms with van der Waals surface area (Å²) in [7, 11) is 1.43. The van der Waals surface area contributed by atoms with Gasteiger partial charge in [0.2, 0.25) is 5.88 Å². The van der Waals surface area contributed by atoms with Crippen molar-refractivity contribution in [2.75, 3.05) is 7.11 Å². The summed E-state index contributed by atoms with van der Waals surface area (Å²) in [5.74, 6) is 0.215. The average Bonchev–Trinajstić information content (AvgIpc) is 2.39. The summed E-state index contributed by atoms with van der Waals surface area (Å²) in [6.07, 6.45) is 0. The Balaban J connectivity index is 2.58. The second kappa shape index (κ2) is 5.42. The molecule has 98 valence electrons. The van der Waals surface area contributed by atoms with Gasteiger partial charge in [-0.3, -0.25) is 10.1 Å². The number of nitro groups is 1. The highest BCUT2D eigenvalue weighted by atomic mass is 35.5. The standard InChI is InChI=1S/C12H8Cl2N2O3/c1-19-12-10(14)6-9(13)11(15-12)7-3-2-4-8(5-7)16(17)18/h2-6H,1H3. The molecule has 0 fully saturated rings. The molecule has 0 spiro atoms. The van der Waals surface area contributed by atoms with E-state index in [2.05, 4.69) is 4.98 Å². The third-order valence-corrected chi connectivity index (χ3v) is 2.98. The van der Waals surface area contributed by atoms with E-state index in [1.54, 1.807) is 12.1 Å². The largest absolute Gasteiger partial charge is 0.480 e. The Bertz CT molecular complexity index is 647. The SMILES string of the molecule is COc1nc(-c2cccc([N+](=O)[O-])c2)c(Cl)cc1Cl. The van der Waals surface area contributed by atoms with Crippen LogP contribution in [-0.4, -0.2) is 17.0 Å². The first-order chi connectivity index (χ1) is 9.02. The topological polar surface area (TPSA) is 65.3 Å². The molecule has 0 amide bonds. The number of hydrogen-bond acceptors (Lipinski definition) is 4. The van der Waals surface area contributed by atoms with Gasteiger partial charge in [-0.2, -0.15) is 0 Å². The monoisotopic (exact) mass is 298 g/mol. The third-order valence-electron chi connectivity index (χ3n) is 2.42. The highest BCUT2D eigenvalue weighted by Gasteiger charge is 2.14. The first-order valence-electron chi connectivity index (χ1n) is 5.18. The minimum absolute atomic E-state index is 0.0377. The number of nitro benzene ring substituents is 1. The number of benzene rings is 1. The first kappa shape index (κ1) is 13.6. The Morgan fingerprint density at radius 1 is 1.26 bits per heavy atom. The minimum Gasteiger partial charge on any atom is -0.480 e. The molecule has 7 heteroatoms. The molecule has 0 aliphatic heterocycles. The van der Waals surface area contributed by atoms with Crippen LogP contribution < -0.4 is 4.74 Å². The molecular formula is C12H8Cl2N2O3. The van der Waals surface area contributed by atoms with Crippen LogP contribution in [0.15, 0.2) is 30.3 Å². The van der Waals surface area contributed by atoms with Crippen molar-refractivity contribution in [3.63, 3.8) is 0 Å². The minimum atomic E-state index is -0.482. The maximum atomic E-state index is 10.8. The maximum absolute atomic E-state index is 10.8. The molecule has 0 atom stereocenters. The molecule has 1 aromatic carbocycles. The Kier molecular flexibility index (Phi) is 3.87. The fourth-order valence-corrected chi connectivity index (χ4v) is 2.11. The van der Waals surface area contributed by atoms with Gasteiger partial charge in [0.1, 0.15) is 5.02 Å². The molecule has 0 aliphatic rings. The smallest absolute Gasteiger partial charge is 0.270 e. The molecule has 0 N–H and O–H groups in total. The molecular weight excluding hydrogens is 291 g/mol. The number of methoxy groups -OCH3 is 1. The van der Waals surface area contributed by atoms with Gasteiger partial charge in [0.25, 0.3) is 5.69 Å². The summed E-state index contributed by atoms with van der Waals surface area (Å²) in [5.41, 5.74) is 0.866. The summed E-state index contributed by atoms with van der Waals surface area (Å²) in [6.45, 7) is 0. The van der Waals surface area contributed by atoms with Crippen molar-refractivity contribution in [2.45, 2.75) is 0 Å². The van der Waals surface area contributed by atoms with E-state index in [1.165, 1.54) is 25.3 Å². The van der Waals surface area contributed by atoms with E-state index in [1.807, 2.05) is 0 Å². The fourth-order valence-electron chi connectivity index (χ4n) is 1.56. The van der Waals surface area contributed by atoms with Crippen LogP contribution in [0.4, 0.5) is 5.69 Å². The van der Waals surface area contributed by atoms with E-state index in [9.17, 15) is 10.1 Å². The summed E-state index contributed by atoms with van der Waals surface area (Å²) < 4.78 is 5.00.